The van der Waals surface area contributed by atoms with E-state index in [0.717, 1.165) is 19.4 Å². The molecule has 3 N–H and O–H groups in total. The van der Waals surface area contributed by atoms with E-state index in [0.29, 0.717) is 29.7 Å². The standard InChI is InChI=1S/C19H25N3O2S/c1-15-2-4-16(5-3-15)14-21-18-10-12-22(13-11-18)25(23,24)19-8-6-17(20)7-9-19/h2-9,18,21H,10-14,20H2,1H3. The Morgan fingerprint density at radius 3 is 2.24 bits per heavy atom. The maximum atomic E-state index is 12.7. The first-order valence-electron chi connectivity index (χ1n) is 8.60. The number of hydrogen-bond donors (Lipinski definition) is 2. The molecule has 1 aliphatic heterocycles. The Bertz CT molecular complexity index is 794. The van der Waals surface area contributed by atoms with E-state index in [4.69, 9.17) is 5.73 Å². The summed E-state index contributed by atoms with van der Waals surface area (Å²) in [7, 11) is -3.42. The molecular formula is C19H25N3O2S. The molecule has 25 heavy (non-hydrogen) atoms. The average Bonchev–Trinajstić information content (AvgIpc) is 2.62. The van der Waals surface area contributed by atoms with E-state index in [-0.39, 0.29) is 0 Å². The van der Waals surface area contributed by atoms with Gasteiger partial charge in [-0.3, -0.25) is 0 Å². The van der Waals surface area contributed by atoms with Crippen molar-refractivity contribution in [2.75, 3.05) is 18.8 Å². The lowest BCUT2D eigenvalue weighted by Crippen LogP contribution is -2.44. The molecule has 0 radical (unpaired) electrons. The molecule has 0 aliphatic carbocycles. The number of nitrogen functional groups attached to an aromatic ring is 1. The molecule has 1 aliphatic rings. The number of benzene rings is 2. The maximum Gasteiger partial charge on any atom is 0.243 e. The summed E-state index contributed by atoms with van der Waals surface area (Å²) in [6.45, 7) is 3.97. The van der Waals surface area contributed by atoms with E-state index in [1.165, 1.54) is 11.1 Å². The van der Waals surface area contributed by atoms with Crippen molar-refractivity contribution < 1.29 is 8.42 Å². The summed E-state index contributed by atoms with van der Waals surface area (Å²) in [6, 6.07) is 15.2. The van der Waals surface area contributed by atoms with Crippen LogP contribution in [-0.4, -0.2) is 31.9 Å². The lowest BCUT2D eigenvalue weighted by molar-refractivity contribution is 0.288. The Kier molecular flexibility index (Phi) is 5.42. The summed E-state index contributed by atoms with van der Waals surface area (Å²) in [4.78, 5) is 0.313. The minimum Gasteiger partial charge on any atom is -0.399 e. The molecule has 0 spiro atoms. The van der Waals surface area contributed by atoms with Gasteiger partial charge < -0.3 is 11.1 Å². The lowest BCUT2D eigenvalue weighted by atomic mass is 10.1. The summed E-state index contributed by atoms with van der Waals surface area (Å²) in [5.74, 6) is 0. The molecule has 3 rings (SSSR count). The molecular weight excluding hydrogens is 334 g/mol. The molecule has 1 heterocycles. The monoisotopic (exact) mass is 359 g/mol. The number of nitrogens with zero attached hydrogens (tertiary/aromatic N) is 1. The van der Waals surface area contributed by atoms with E-state index in [1.807, 2.05) is 0 Å². The SMILES string of the molecule is Cc1ccc(CNC2CCN(S(=O)(=O)c3ccc(N)cc3)CC2)cc1. The van der Waals surface area contributed by atoms with Gasteiger partial charge in [0.05, 0.1) is 4.90 Å². The number of piperidine rings is 1. The number of aryl methyl sites for hydroxylation is 1. The first kappa shape index (κ1) is 17.9. The highest BCUT2D eigenvalue weighted by Gasteiger charge is 2.29. The molecule has 0 amide bonds. The molecule has 1 fully saturated rings. The second-order valence-corrected chi connectivity index (χ2v) is 8.55. The average molecular weight is 359 g/mol. The summed E-state index contributed by atoms with van der Waals surface area (Å²) in [6.07, 6.45) is 1.64. The molecule has 0 saturated carbocycles. The molecule has 6 heteroatoms. The van der Waals surface area contributed by atoms with Crippen LogP contribution in [0.25, 0.3) is 0 Å². The molecule has 0 atom stereocenters. The summed E-state index contributed by atoms with van der Waals surface area (Å²) >= 11 is 0. The Morgan fingerprint density at radius 1 is 1.04 bits per heavy atom. The zero-order chi connectivity index (χ0) is 17.9. The third-order valence-corrected chi connectivity index (χ3v) is 6.60. The van der Waals surface area contributed by atoms with Crippen molar-refractivity contribution in [2.45, 2.75) is 37.2 Å². The number of hydrogen-bond acceptors (Lipinski definition) is 4. The van der Waals surface area contributed by atoms with E-state index < -0.39 is 10.0 Å². The Morgan fingerprint density at radius 2 is 1.64 bits per heavy atom. The second kappa shape index (κ2) is 7.56. The van der Waals surface area contributed by atoms with Gasteiger partial charge in [0, 0.05) is 31.4 Å². The van der Waals surface area contributed by atoms with Crippen LogP contribution in [0.2, 0.25) is 0 Å². The van der Waals surface area contributed by atoms with Crippen molar-refractivity contribution in [1.82, 2.24) is 9.62 Å². The summed E-state index contributed by atoms with van der Waals surface area (Å²) < 4.78 is 26.9. The van der Waals surface area contributed by atoms with Gasteiger partial charge in [-0.05, 0) is 49.6 Å². The van der Waals surface area contributed by atoms with E-state index in [1.54, 1.807) is 28.6 Å². The van der Waals surface area contributed by atoms with E-state index in [9.17, 15) is 8.42 Å². The van der Waals surface area contributed by atoms with Gasteiger partial charge >= 0.3 is 0 Å². The number of anilines is 1. The zero-order valence-corrected chi connectivity index (χ0v) is 15.3. The molecule has 0 bridgehead atoms. The second-order valence-electron chi connectivity index (χ2n) is 6.61. The minimum atomic E-state index is -3.42. The van der Waals surface area contributed by atoms with Crippen LogP contribution in [0, 0.1) is 6.92 Å². The molecule has 1 saturated heterocycles. The fraction of sp³-hybridized carbons (Fsp3) is 0.368. The quantitative estimate of drug-likeness (QED) is 0.805. The van der Waals surface area contributed by atoms with Crippen LogP contribution in [-0.2, 0) is 16.6 Å². The highest BCUT2D eigenvalue weighted by atomic mass is 32.2. The van der Waals surface area contributed by atoms with Crippen molar-refractivity contribution in [3.05, 3.63) is 59.7 Å². The minimum absolute atomic E-state index is 0.313. The van der Waals surface area contributed by atoms with Crippen LogP contribution in [0.5, 0.6) is 0 Å². The summed E-state index contributed by atoms with van der Waals surface area (Å²) in [5.41, 5.74) is 8.71. The van der Waals surface area contributed by atoms with Gasteiger partial charge in [-0.2, -0.15) is 4.31 Å². The number of sulfonamides is 1. The number of nitrogens with one attached hydrogen (secondary N) is 1. The predicted molar refractivity (Wildman–Crippen MR) is 101 cm³/mol. The van der Waals surface area contributed by atoms with Gasteiger partial charge in [0.15, 0.2) is 0 Å². The third kappa shape index (κ3) is 4.39. The molecule has 0 unspecified atom stereocenters. The fourth-order valence-electron chi connectivity index (χ4n) is 3.06. The van der Waals surface area contributed by atoms with Crippen LogP contribution in [0.1, 0.15) is 24.0 Å². The highest BCUT2D eigenvalue weighted by Crippen LogP contribution is 2.21. The Balaban J connectivity index is 1.54. The molecule has 5 nitrogen and oxygen atoms in total. The highest BCUT2D eigenvalue weighted by molar-refractivity contribution is 7.89. The van der Waals surface area contributed by atoms with Crippen LogP contribution in [0.3, 0.4) is 0 Å². The summed E-state index contributed by atoms with van der Waals surface area (Å²) in [5, 5.41) is 3.54. The third-order valence-electron chi connectivity index (χ3n) is 4.69. The van der Waals surface area contributed by atoms with Crippen LogP contribution < -0.4 is 11.1 Å². The van der Waals surface area contributed by atoms with Crippen LogP contribution in [0.4, 0.5) is 5.69 Å². The Labute approximate surface area is 149 Å². The van der Waals surface area contributed by atoms with Gasteiger partial charge in [0.1, 0.15) is 0 Å². The normalized spacial score (nSPS) is 16.8. The number of nitrogens with two attached hydrogens (primary N) is 1. The van der Waals surface area contributed by atoms with Crippen molar-refractivity contribution in [2.24, 2.45) is 0 Å². The largest absolute Gasteiger partial charge is 0.399 e. The van der Waals surface area contributed by atoms with Crippen molar-refractivity contribution in [3.8, 4) is 0 Å². The first-order valence-corrected chi connectivity index (χ1v) is 10.0. The van der Waals surface area contributed by atoms with E-state index in [2.05, 4.69) is 36.5 Å². The van der Waals surface area contributed by atoms with Gasteiger partial charge in [-0.15, -0.1) is 0 Å². The van der Waals surface area contributed by atoms with Gasteiger partial charge in [-0.25, -0.2) is 8.42 Å². The van der Waals surface area contributed by atoms with Crippen molar-refractivity contribution >= 4 is 15.7 Å². The van der Waals surface area contributed by atoms with Gasteiger partial charge in [-0.1, -0.05) is 29.8 Å². The lowest BCUT2D eigenvalue weighted by Gasteiger charge is -2.31. The van der Waals surface area contributed by atoms with Crippen LogP contribution >= 0.6 is 0 Å². The topological polar surface area (TPSA) is 75.4 Å². The van der Waals surface area contributed by atoms with Crippen LogP contribution in [0.15, 0.2) is 53.4 Å². The smallest absolute Gasteiger partial charge is 0.243 e. The van der Waals surface area contributed by atoms with Gasteiger partial charge in [0.25, 0.3) is 0 Å². The van der Waals surface area contributed by atoms with Crippen molar-refractivity contribution in [3.63, 3.8) is 0 Å². The fourth-order valence-corrected chi connectivity index (χ4v) is 4.53. The molecule has 2 aromatic rings. The van der Waals surface area contributed by atoms with E-state index >= 15 is 0 Å². The number of rotatable bonds is 5. The Hall–Kier alpha value is -1.89. The maximum absolute atomic E-state index is 12.7. The van der Waals surface area contributed by atoms with Gasteiger partial charge in [0.2, 0.25) is 10.0 Å². The molecule has 134 valence electrons. The first-order chi connectivity index (χ1) is 11.9. The predicted octanol–water partition coefficient (Wildman–Crippen LogP) is 2.52. The molecule has 0 aromatic heterocycles. The zero-order valence-electron chi connectivity index (χ0n) is 14.5. The molecule has 2 aromatic carbocycles. The van der Waals surface area contributed by atoms with Crippen molar-refractivity contribution in [1.29, 1.82) is 0 Å².